The summed E-state index contributed by atoms with van der Waals surface area (Å²) in [6, 6.07) is 39.0. The summed E-state index contributed by atoms with van der Waals surface area (Å²) >= 11 is 1.80. The number of fused-ring (bicyclic) bond motifs is 3. The first-order valence-corrected chi connectivity index (χ1v) is 12.1. The fraction of sp³-hybridized carbons (Fsp3) is 0. The highest BCUT2D eigenvalue weighted by Gasteiger charge is 2.24. The fourth-order valence-electron chi connectivity index (χ4n) is 4.77. The van der Waals surface area contributed by atoms with Gasteiger partial charge in [-0.2, -0.15) is 0 Å². The Morgan fingerprint density at radius 2 is 1.06 bits per heavy atom. The first-order valence-electron chi connectivity index (χ1n) is 11.3. The number of thiophene rings is 1. The molecule has 0 aliphatic heterocycles. The molecule has 2 N–H and O–H groups in total. The van der Waals surface area contributed by atoms with Crippen LogP contribution in [0.4, 0.5) is 0 Å². The lowest BCUT2D eigenvalue weighted by molar-refractivity contribution is 0.426. The lowest BCUT2D eigenvalue weighted by Gasteiger charge is -2.18. The first kappa shape index (κ1) is 20.9. The van der Waals surface area contributed by atoms with Gasteiger partial charge in [-0.25, -0.2) is 0 Å². The Hall–Kier alpha value is -3.70. The van der Waals surface area contributed by atoms with Crippen molar-refractivity contribution in [3.8, 4) is 33.4 Å². The largest absolute Gasteiger partial charge is 0.489 e. The summed E-state index contributed by atoms with van der Waals surface area (Å²) in [4.78, 5) is 0. The second kappa shape index (κ2) is 8.58. The third-order valence-electron chi connectivity index (χ3n) is 6.32. The lowest BCUT2D eigenvalue weighted by Crippen LogP contribution is -2.33. The van der Waals surface area contributed by atoms with Gasteiger partial charge in [0.1, 0.15) is 0 Å². The number of hydrogen-bond donors (Lipinski definition) is 2. The second-order valence-electron chi connectivity index (χ2n) is 8.37. The Morgan fingerprint density at radius 3 is 1.68 bits per heavy atom. The minimum Gasteiger partial charge on any atom is -0.423 e. The third-order valence-corrected chi connectivity index (χ3v) is 7.54. The van der Waals surface area contributed by atoms with Crippen LogP contribution in [0.3, 0.4) is 0 Å². The van der Waals surface area contributed by atoms with E-state index in [1.807, 2.05) is 60.7 Å². The monoisotopic (exact) mass is 456 g/mol. The van der Waals surface area contributed by atoms with Gasteiger partial charge in [-0.05, 0) is 57.0 Å². The van der Waals surface area contributed by atoms with E-state index in [0.717, 1.165) is 33.4 Å². The maximum absolute atomic E-state index is 10.5. The summed E-state index contributed by atoms with van der Waals surface area (Å²) in [5.74, 6) is 0. The molecule has 0 unspecified atom stereocenters. The molecule has 162 valence electrons. The van der Waals surface area contributed by atoms with Crippen LogP contribution in [0.1, 0.15) is 0 Å². The molecule has 0 fully saturated rings. The van der Waals surface area contributed by atoms with Crippen molar-refractivity contribution in [1.82, 2.24) is 0 Å². The van der Waals surface area contributed by atoms with Crippen LogP contribution in [0, 0.1) is 0 Å². The zero-order chi connectivity index (χ0) is 23.1. The van der Waals surface area contributed by atoms with Crippen LogP contribution in [0.25, 0.3) is 53.6 Å². The molecule has 0 atom stereocenters. The maximum atomic E-state index is 10.5. The fourth-order valence-corrected chi connectivity index (χ4v) is 6.01. The van der Waals surface area contributed by atoms with Gasteiger partial charge in [0.25, 0.3) is 0 Å². The van der Waals surface area contributed by atoms with Gasteiger partial charge < -0.3 is 10.0 Å². The predicted octanol–water partition coefficient (Wildman–Crippen LogP) is 6.74. The van der Waals surface area contributed by atoms with E-state index >= 15 is 0 Å². The Kier molecular flexibility index (Phi) is 5.27. The smallest absolute Gasteiger partial charge is 0.423 e. The summed E-state index contributed by atoms with van der Waals surface area (Å²) in [6.45, 7) is 0. The van der Waals surface area contributed by atoms with Crippen molar-refractivity contribution in [3.05, 3.63) is 115 Å². The summed E-state index contributed by atoms with van der Waals surface area (Å²) in [5, 5.41) is 23.5. The molecule has 0 saturated carbocycles. The molecule has 0 aliphatic rings. The SMILES string of the molecule is OB(O)c1c(-c2ccccc2)cc(-c2cccc3c2sc2ccccc23)cc1-c1ccccc1. The molecule has 2 nitrogen and oxygen atoms in total. The Morgan fingerprint density at radius 1 is 0.500 bits per heavy atom. The molecule has 5 aromatic carbocycles. The van der Waals surface area contributed by atoms with Crippen LogP contribution < -0.4 is 5.46 Å². The highest BCUT2D eigenvalue weighted by molar-refractivity contribution is 7.26. The second-order valence-corrected chi connectivity index (χ2v) is 9.42. The number of benzene rings is 5. The van der Waals surface area contributed by atoms with Crippen LogP contribution in [0.5, 0.6) is 0 Å². The van der Waals surface area contributed by atoms with E-state index in [1.54, 1.807) is 11.3 Å². The Labute approximate surface area is 202 Å². The van der Waals surface area contributed by atoms with Crippen LogP contribution >= 0.6 is 11.3 Å². The summed E-state index contributed by atoms with van der Waals surface area (Å²) in [7, 11) is -1.60. The quantitative estimate of drug-likeness (QED) is 0.289. The molecule has 0 spiro atoms. The van der Waals surface area contributed by atoms with Crippen molar-refractivity contribution in [3.63, 3.8) is 0 Å². The lowest BCUT2D eigenvalue weighted by atomic mass is 9.70. The molecular weight excluding hydrogens is 435 g/mol. The molecular formula is C30H21BO2S. The van der Waals surface area contributed by atoms with Crippen LogP contribution in [0.2, 0.25) is 0 Å². The summed E-state index contributed by atoms with van der Waals surface area (Å²) in [5.41, 5.74) is 6.27. The first-order chi connectivity index (χ1) is 16.7. The Bertz CT molecular complexity index is 1560. The molecule has 4 heteroatoms. The zero-order valence-electron chi connectivity index (χ0n) is 18.3. The molecule has 1 aromatic heterocycles. The van der Waals surface area contributed by atoms with E-state index in [-0.39, 0.29) is 0 Å². The predicted molar refractivity (Wildman–Crippen MR) is 145 cm³/mol. The summed E-state index contributed by atoms with van der Waals surface area (Å²) in [6.07, 6.45) is 0. The highest BCUT2D eigenvalue weighted by Crippen LogP contribution is 2.41. The van der Waals surface area contributed by atoms with E-state index in [9.17, 15) is 10.0 Å². The average molecular weight is 456 g/mol. The molecule has 0 bridgehead atoms. The van der Waals surface area contributed by atoms with E-state index in [1.165, 1.54) is 20.2 Å². The Balaban J connectivity index is 1.70. The highest BCUT2D eigenvalue weighted by atomic mass is 32.1. The van der Waals surface area contributed by atoms with Crippen molar-refractivity contribution in [2.75, 3.05) is 0 Å². The molecule has 34 heavy (non-hydrogen) atoms. The van der Waals surface area contributed by atoms with Gasteiger partial charge in [-0.1, -0.05) is 97.1 Å². The van der Waals surface area contributed by atoms with Crippen molar-refractivity contribution in [1.29, 1.82) is 0 Å². The van der Waals surface area contributed by atoms with Crippen molar-refractivity contribution in [2.24, 2.45) is 0 Å². The molecule has 0 saturated heterocycles. The van der Waals surface area contributed by atoms with Crippen molar-refractivity contribution in [2.45, 2.75) is 0 Å². The average Bonchev–Trinajstić information content (AvgIpc) is 3.28. The van der Waals surface area contributed by atoms with Crippen LogP contribution in [-0.4, -0.2) is 17.2 Å². The van der Waals surface area contributed by atoms with Gasteiger partial charge in [-0.15, -0.1) is 11.3 Å². The molecule has 1 heterocycles. The van der Waals surface area contributed by atoms with Crippen molar-refractivity contribution < 1.29 is 10.0 Å². The number of rotatable bonds is 4. The summed E-state index contributed by atoms with van der Waals surface area (Å²) < 4.78 is 2.50. The standard InChI is InChI=1S/C30H21BO2S/c32-31(33)29-26(20-10-3-1-4-11-20)18-22(19-27(29)21-12-5-2-6-13-21)23-15-9-16-25-24-14-7-8-17-28(24)34-30(23)25/h1-19,32-33H. The van der Waals surface area contributed by atoms with E-state index in [4.69, 9.17) is 0 Å². The van der Waals surface area contributed by atoms with Crippen LogP contribution in [-0.2, 0) is 0 Å². The minimum atomic E-state index is -1.60. The van der Waals surface area contributed by atoms with E-state index < -0.39 is 7.12 Å². The van der Waals surface area contributed by atoms with Gasteiger partial charge in [0.15, 0.2) is 0 Å². The van der Waals surface area contributed by atoms with Gasteiger partial charge in [0.05, 0.1) is 0 Å². The van der Waals surface area contributed by atoms with Gasteiger partial charge >= 0.3 is 7.12 Å². The molecule has 0 aliphatic carbocycles. The van der Waals surface area contributed by atoms with Gasteiger partial charge in [0, 0.05) is 20.2 Å². The minimum absolute atomic E-state index is 0.518. The number of hydrogen-bond acceptors (Lipinski definition) is 3. The molecule has 6 aromatic rings. The van der Waals surface area contributed by atoms with E-state index in [2.05, 4.69) is 54.6 Å². The van der Waals surface area contributed by atoms with Gasteiger partial charge in [0.2, 0.25) is 0 Å². The maximum Gasteiger partial charge on any atom is 0.489 e. The zero-order valence-corrected chi connectivity index (χ0v) is 19.2. The van der Waals surface area contributed by atoms with Crippen LogP contribution in [0.15, 0.2) is 115 Å². The van der Waals surface area contributed by atoms with Gasteiger partial charge in [-0.3, -0.25) is 0 Å². The third kappa shape index (κ3) is 3.53. The van der Waals surface area contributed by atoms with Crippen molar-refractivity contribution >= 4 is 44.1 Å². The molecule has 0 radical (unpaired) electrons. The normalized spacial score (nSPS) is 11.2. The topological polar surface area (TPSA) is 40.5 Å². The molecule has 0 amide bonds. The van der Waals surface area contributed by atoms with E-state index in [0.29, 0.717) is 5.46 Å². The molecule has 6 rings (SSSR count).